The Balaban J connectivity index is 2.12. The SMILES string of the molecule is Cc1noc(C)c1CN1CCC(C(=O)O)(C(C)C)C1. The number of hydrogen-bond donors (Lipinski definition) is 1. The number of aryl methyl sites for hydroxylation is 2. The van der Waals surface area contributed by atoms with Crippen molar-refractivity contribution < 1.29 is 14.4 Å². The van der Waals surface area contributed by atoms with Gasteiger partial charge in [-0.3, -0.25) is 9.69 Å². The van der Waals surface area contributed by atoms with Crippen LogP contribution in [0.4, 0.5) is 0 Å². The van der Waals surface area contributed by atoms with Crippen molar-refractivity contribution >= 4 is 5.97 Å². The highest BCUT2D eigenvalue weighted by Gasteiger charge is 2.47. The first-order valence-electron chi connectivity index (χ1n) is 6.74. The molecule has 0 radical (unpaired) electrons. The average Bonchev–Trinajstić information content (AvgIpc) is 2.89. The first-order chi connectivity index (χ1) is 8.86. The second-order valence-corrected chi connectivity index (χ2v) is 5.88. The second kappa shape index (κ2) is 4.96. The predicted molar refractivity (Wildman–Crippen MR) is 70.8 cm³/mol. The molecule has 0 aliphatic carbocycles. The molecule has 0 amide bonds. The summed E-state index contributed by atoms with van der Waals surface area (Å²) in [5.74, 6) is 0.290. The van der Waals surface area contributed by atoms with Gasteiger partial charge in [-0.05, 0) is 32.7 Å². The van der Waals surface area contributed by atoms with Crippen LogP contribution in [0.1, 0.15) is 37.3 Å². The fourth-order valence-corrected chi connectivity index (χ4v) is 2.89. The van der Waals surface area contributed by atoms with Gasteiger partial charge in [-0.1, -0.05) is 19.0 Å². The molecule has 1 aliphatic heterocycles. The molecular weight excluding hydrogens is 244 g/mol. The molecule has 0 aromatic carbocycles. The summed E-state index contributed by atoms with van der Waals surface area (Å²) >= 11 is 0. The van der Waals surface area contributed by atoms with Gasteiger partial charge in [0.15, 0.2) is 0 Å². The van der Waals surface area contributed by atoms with Crippen molar-refractivity contribution in [3.8, 4) is 0 Å². The van der Waals surface area contributed by atoms with Crippen LogP contribution in [0, 0.1) is 25.2 Å². The van der Waals surface area contributed by atoms with E-state index in [0.717, 1.165) is 30.1 Å². The van der Waals surface area contributed by atoms with Crippen molar-refractivity contribution in [2.24, 2.45) is 11.3 Å². The Hall–Kier alpha value is -1.36. The van der Waals surface area contributed by atoms with Gasteiger partial charge < -0.3 is 9.63 Å². The van der Waals surface area contributed by atoms with E-state index in [1.165, 1.54) is 0 Å². The van der Waals surface area contributed by atoms with Crippen LogP contribution < -0.4 is 0 Å². The minimum atomic E-state index is -0.677. The van der Waals surface area contributed by atoms with Crippen molar-refractivity contribution in [2.75, 3.05) is 13.1 Å². The molecule has 19 heavy (non-hydrogen) atoms. The number of rotatable bonds is 4. The van der Waals surface area contributed by atoms with Crippen LogP contribution in [0.2, 0.25) is 0 Å². The van der Waals surface area contributed by atoms with Crippen LogP contribution in [0.25, 0.3) is 0 Å². The van der Waals surface area contributed by atoms with E-state index in [2.05, 4.69) is 10.1 Å². The second-order valence-electron chi connectivity index (χ2n) is 5.88. The molecule has 0 saturated carbocycles. The third-order valence-corrected chi connectivity index (χ3v) is 4.47. The topological polar surface area (TPSA) is 66.6 Å². The maximum absolute atomic E-state index is 11.6. The Labute approximate surface area is 113 Å². The van der Waals surface area contributed by atoms with E-state index in [1.807, 2.05) is 27.7 Å². The number of nitrogens with zero attached hydrogens (tertiary/aromatic N) is 2. The van der Waals surface area contributed by atoms with Crippen LogP contribution in [0.15, 0.2) is 4.52 Å². The van der Waals surface area contributed by atoms with E-state index >= 15 is 0 Å². The summed E-state index contributed by atoms with van der Waals surface area (Å²) in [6.45, 7) is 9.95. The van der Waals surface area contributed by atoms with Crippen LogP contribution >= 0.6 is 0 Å². The fourth-order valence-electron chi connectivity index (χ4n) is 2.89. The summed E-state index contributed by atoms with van der Waals surface area (Å²) in [6.07, 6.45) is 0.712. The normalized spacial score (nSPS) is 24.3. The molecule has 2 heterocycles. The number of aromatic nitrogens is 1. The van der Waals surface area contributed by atoms with Crippen molar-refractivity contribution in [2.45, 2.75) is 40.7 Å². The van der Waals surface area contributed by atoms with E-state index in [9.17, 15) is 9.90 Å². The van der Waals surface area contributed by atoms with Crippen LogP contribution in [-0.2, 0) is 11.3 Å². The Bertz CT molecular complexity index is 462. The van der Waals surface area contributed by atoms with Crippen LogP contribution in [-0.4, -0.2) is 34.2 Å². The van der Waals surface area contributed by atoms with Gasteiger partial charge in [0, 0.05) is 18.7 Å². The quantitative estimate of drug-likeness (QED) is 0.905. The Morgan fingerprint density at radius 2 is 2.21 bits per heavy atom. The number of carbonyl (C=O) groups is 1. The molecule has 1 saturated heterocycles. The summed E-state index contributed by atoms with van der Waals surface area (Å²) in [5.41, 5.74) is 1.37. The van der Waals surface area contributed by atoms with Gasteiger partial charge >= 0.3 is 5.97 Å². The van der Waals surface area contributed by atoms with Gasteiger partial charge in [0.25, 0.3) is 0 Å². The van der Waals surface area contributed by atoms with Crippen molar-refractivity contribution in [3.05, 3.63) is 17.0 Å². The van der Waals surface area contributed by atoms with Gasteiger partial charge in [-0.25, -0.2) is 0 Å². The third kappa shape index (κ3) is 2.39. The summed E-state index contributed by atoms with van der Waals surface area (Å²) in [6, 6.07) is 0. The molecule has 0 spiro atoms. The lowest BCUT2D eigenvalue weighted by molar-refractivity contribution is -0.151. The van der Waals surface area contributed by atoms with Crippen LogP contribution in [0.3, 0.4) is 0 Å². The van der Waals surface area contributed by atoms with Crippen LogP contribution in [0.5, 0.6) is 0 Å². The highest BCUT2D eigenvalue weighted by atomic mass is 16.5. The fraction of sp³-hybridized carbons (Fsp3) is 0.714. The minimum Gasteiger partial charge on any atom is -0.481 e. The molecular formula is C14H22N2O3. The zero-order valence-electron chi connectivity index (χ0n) is 12.1. The van der Waals surface area contributed by atoms with Crippen molar-refractivity contribution in [1.29, 1.82) is 0 Å². The lowest BCUT2D eigenvalue weighted by Gasteiger charge is -2.28. The lowest BCUT2D eigenvalue weighted by atomic mass is 9.76. The summed E-state index contributed by atoms with van der Waals surface area (Å²) in [7, 11) is 0. The molecule has 5 heteroatoms. The zero-order chi connectivity index (χ0) is 14.2. The summed E-state index contributed by atoms with van der Waals surface area (Å²) < 4.78 is 5.16. The Morgan fingerprint density at radius 1 is 1.53 bits per heavy atom. The molecule has 1 fully saturated rings. The standard InChI is InChI=1S/C14H22N2O3/c1-9(2)14(13(17)18)5-6-16(8-14)7-12-10(3)15-19-11(12)4/h9H,5-8H2,1-4H3,(H,17,18). The van der Waals surface area contributed by atoms with Crippen molar-refractivity contribution in [3.63, 3.8) is 0 Å². The highest BCUT2D eigenvalue weighted by molar-refractivity contribution is 5.75. The maximum Gasteiger partial charge on any atom is 0.311 e. The number of carboxylic acids is 1. The van der Waals surface area contributed by atoms with E-state index in [1.54, 1.807) is 0 Å². The van der Waals surface area contributed by atoms with E-state index in [-0.39, 0.29) is 5.92 Å². The monoisotopic (exact) mass is 266 g/mol. The van der Waals surface area contributed by atoms with Gasteiger partial charge in [-0.15, -0.1) is 0 Å². The van der Waals surface area contributed by atoms with Gasteiger partial charge in [0.1, 0.15) is 5.76 Å². The number of likely N-dealkylation sites (tertiary alicyclic amines) is 1. The maximum atomic E-state index is 11.6. The Kier molecular flexibility index (Phi) is 3.67. The molecule has 1 N–H and O–H groups in total. The van der Waals surface area contributed by atoms with Gasteiger partial charge in [0.2, 0.25) is 0 Å². The molecule has 2 rings (SSSR count). The number of hydrogen-bond acceptors (Lipinski definition) is 4. The first kappa shape index (κ1) is 14.1. The molecule has 1 aliphatic rings. The predicted octanol–water partition coefficient (Wildman–Crippen LogP) is 2.22. The zero-order valence-corrected chi connectivity index (χ0v) is 12.1. The smallest absolute Gasteiger partial charge is 0.311 e. The molecule has 1 unspecified atom stereocenters. The average molecular weight is 266 g/mol. The summed E-state index contributed by atoms with van der Waals surface area (Å²) in [5, 5.41) is 13.5. The van der Waals surface area contributed by atoms with E-state index < -0.39 is 11.4 Å². The molecule has 1 atom stereocenters. The molecule has 1 aromatic heterocycles. The number of carboxylic acid groups (broad SMARTS) is 1. The molecule has 0 bridgehead atoms. The molecule has 5 nitrogen and oxygen atoms in total. The Morgan fingerprint density at radius 3 is 2.63 bits per heavy atom. The van der Waals surface area contributed by atoms with Gasteiger partial charge in [-0.2, -0.15) is 0 Å². The first-order valence-corrected chi connectivity index (χ1v) is 6.74. The van der Waals surface area contributed by atoms with Crippen molar-refractivity contribution in [1.82, 2.24) is 10.1 Å². The summed E-state index contributed by atoms with van der Waals surface area (Å²) in [4.78, 5) is 13.8. The van der Waals surface area contributed by atoms with Gasteiger partial charge in [0.05, 0.1) is 11.1 Å². The van der Waals surface area contributed by atoms with E-state index in [4.69, 9.17) is 4.52 Å². The highest BCUT2D eigenvalue weighted by Crippen LogP contribution is 2.38. The largest absolute Gasteiger partial charge is 0.481 e. The third-order valence-electron chi connectivity index (χ3n) is 4.47. The number of aliphatic carboxylic acids is 1. The lowest BCUT2D eigenvalue weighted by Crippen LogP contribution is -2.39. The van der Waals surface area contributed by atoms with E-state index in [0.29, 0.717) is 13.0 Å². The molecule has 106 valence electrons. The minimum absolute atomic E-state index is 0.139. The molecule has 1 aromatic rings.